The fraction of sp³-hybridized carbons (Fsp3) is 0.188. The second-order valence-corrected chi connectivity index (χ2v) is 6.25. The predicted molar refractivity (Wildman–Crippen MR) is 91.1 cm³/mol. The standard InChI is InChI=1S/C16H17ClN2OS/c1-10-3-5-13(7-11(10)2)19-16(20)9-21-15-6-4-12(18)8-14(15)17/h3-8H,9,18H2,1-2H3,(H,19,20). The van der Waals surface area contributed by atoms with E-state index in [1.165, 1.54) is 17.3 Å². The first-order chi connectivity index (χ1) is 9.95. The number of benzene rings is 2. The molecule has 2 rings (SSSR count). The van der Waals surface area contributed by atoms with Crippen LogP contribution >= 0.6 is 23.4 Å². The highest BCUT2D eigenvalue weighted by Gasteiger charge is 2.07. The molecule has 1 amide bonds. The molecule has 0 aromatic heterocycles. The largest absolute Gasteiger partial charge is 0.399 e. The van der Waals surface area contributed by atoms with Crippen LogP contribution in [0.5, 0.6) is 0 Å². The van der Waals surface area contributed by atoms with Crippen molar-refractivity contribution < 1.29 is 4.79 Å². The van der Waals surface area contributed by atoms with Gasteiger partial charge < -0.3 is 11.1 Å². The number of anilines is 2. The Morgan fingerprint density at radius 2 is 1.95 bits per heavy atom. The minimum Gasteiger partial charge on any atom is -0.399 e. The fourth-order valence-corrected chi connectivity index (χ4v) is 2.87. The zero-order valence-electron chi connectivity index (χ0n) is 11.9. The number of aryl methyl sites for hydroxylation is 2. The highest BCUT2D eigenvalue weighted by atomic mass is 35.5. The maximum Gasteiger partial charge on any atom is 0.234 e. The first kappa shape index (κ1) is 15.7. The molecule has 0 saturated heterocycles. The minimum atomic E-state index is -0.0591. The van der Waals surface area contributed by atoms with Gasteiger partial charge in [-0.3, -0.25) is 4.79 Å². The molecular weight excluding hydrogens is 304 g/mol. The summed E-state index contributed by atoms with van der Waals surface area (Å²) in [5, 5.41) is 3.45. The van der Waals surface area contributed by atoms with Crippen molar-refractivity contribution in [1.82, 2.24) is 0 Å². The molecule has 110 valence electrons. The van der Waals surface area contributed by atoms with E-state index in [4.69, 9.17) is 17.3 Å². The highest BCUT2D eigenvalue weighted by Crippen LogP contribution is 2.28. The number of hydrogen-bond donors (Lipinski definition) is 2. The van der Waals surface area contributed by atoms with Crippen LogP contribution in [0.15, 0.2) is 41.3 Å². The molecule has 21 heavy (non-hydrogen) atoms. The van der Waals surface area contributed by atoms with E-state index in [0.717, 1.165) is 16.1 Å². The lowest BCUT2D eigenvalue weighted by molar-refractivity contribution is -0.113. The van der Waals surface area contributed by atoms with E-state index in [1.54, 1.807) is 12.1 Å². The number of hydrogen-bond acceptors (Lipinski definition) is 3. The smallest absolute Gasteiger partial charge is 0.234 e. The Labute approximate surface area is 133 Å². The van der Waals surface area contributed by atoms with E-state index in [1.807, 2.05) is 38.1 Å². The van der Waals surface area contributed by atoms with Gasteiger partial charge in [-0.2, -0.15) is 0 Å². The number of nitrogens with one attached hydrogen (secondary N) is 1. The molecule has 0 fully saturated rings. The van der Waals surface area contributed by atoms with E-state index < -0.39 is 0 Å². The number of nitrogen functional groups attached to an aromatic ring is 1. The van der Waals surface area contributed by atoms with Gasteiger partial charge in [-0.05, 0) is 55.3 Å². The second kappa shape index (κ2) is 6.87. The van der Waals surface area contributed by atoms with Crippen molar-refractivity contribution in [1.29, 1.82) is 0 Å². The predicted octanol–water partition coefficient (Wildman–Crippen LogP) is 4.27. The molecule has 0 radical (unpaired) electrons. The lowest BCUT2D eigenvalue weighted by atomic mass is 10.1. The second-order valence-electron chi connectivity index (χ2n) is 4.83. The van der Waals surface area contributed by atoms with Gasteiger partial charge in [-0.25, -0.2) is 0 Å². The molecule has 3 nitrogen and oxygen atoms in total. The van der Waals surface area contributed by atoms with Crippen molar-refractivity contribution in [3.8, 4) is 0 Å². The number of amides is 1. The summed E-state index contributed by atoms with van der Waals surface area (Å²) in [5.74, 6) is 0.243. The molecule has 2 aromatic rings. The van der Waals surface area contributed by atoms with Crippen LogP contribution in [0, 0.1) is 13.8 Å². The van der Waals surface area contributed by atoms with Crippen LogP contribution < -0.4 is 11.1 Å². The molecule has 0 bridgehead atoms. The van der Waals surface area contributed by atoms with Crippen LogP contribution in [0.2, 0.25) is 5.02 Å². The molecule has 0 heterocycles. The normalized spacial score (nSPS) is 10.4. The molecule has 2 aromatic carbocycles. The van der Waals surface area contributed by atoms with E-state index in [9.17, 15) is 4.79 Å². The molecule has 0 spiro atoms. The van der Waals surface area contributed by atoms with Crippen molar-refractivity contribution in [3.63, 3.8) is 0 Å². The maximum atomic E-state index is 12.0. The Kier molecular flexibility index (Phi) is 5.15. The first-order valence-corrected chi connectivity index (χ1v) is 7.87. The van der Waals surface area contributed by atoms with Gasteiger partial charge in [0.2, 0.25) is 5.91 Å². The van der Waals surface area contributed by atoms with E-state index in [2.05, 4.69) is 5.32 Å². The lowest BCUT2D eigenvalue weighted by Gasteiger charge is -2.08. The van der Waals surface area contributed by atoms with Crippen LogP contribution in [0.4, 0.5) is 11.4 Å². The molecule has 0 atom stereocenters. The quantitative estimate of drug-likeness (QED) is 0.653. The van der Waals surface area contributed by atoms with Crippen molar-refractivity contribution in [2.24, 2.45) is 0 Å². The number of nitrogens with two attached hydrogens (primary N) is 1. The van der Waals surface area contributed by atoms with Crippen LogP contribution in [0.1, 0.15) is 11.1 Å². The molecular formula is C16H17ClN2OS. The summed E-state index contributed by atoms with van der Waals surface area (Å²) in [6.45, 7) is 4.06. The highest BCUT2D eigenvalue weighted by molar-refractivity contribution is 8.00. The van der Waals surface area contributed by atoms with Gasteiger partial charge in [-0.15, -0.1) is 11.8 Å². The average molecular weight is 321 g/mol. The monoisotopic (exact) mass is 320 g/mol. The van der Waals surface area contributed by atoms with Crippen molar-refractivity contribution >= 4 is 40.6 Å². The SMILES string of the molecule is Cc1ccc(NC(=O)CSc2ccc(N)cc2Cl)cc1C. The Morgan fingerprint density at radius 1 is 1.19 bits per heavy atom. The van der Waals surface area contributed by atoms with Crippen LogP contribution in [-0.2, 0) is 4.79 Å². The van der Waals surface area contributed by atoms with Gasteiger partial charge >= 0.3 is 0 Å². The van der Waals surface area contributed by atoms with Crippen LogP contribution in [-0.4, -0.2) is 11.7 Å². The summed E-state index contributed by atoms with van der Waals surface area (Å²) in [7, 11) is 0. The first-order valence-electron chi connectivity index (χ1n) is 6.50. The van der Waals surface area contributed by atoms with E-state index in [0.29, 0.717) is 16.5 Å². The molecule has 0 aliphatic carbocycles. The van der Waals surface area contributed by atoms with Crippen molar-refractivity contribution in [2.75, 3.05) is 16.8 Å². The Morgan fingerprint density at radius 3 is 2.62 bits per heavy atom. The summed E-state index contributed by atoms with van der Waals surface area (Å²) >= 11 is 7.47. The van der Waals surface area contributed by atoms with Gasteiger partial charge in [0, 0.05) is 16.3 Å². The third kappa shape index (κ3) is 4.41. The zero-order valence-corrected chi connectivity index (χ0v) is 13.5. The molecule has 0 unspecified atom stereocenters. The third-order valence-electron chi connectivity index (χ3n) is 3.11. The Balaban J connectivity index is 1.94. The van der Waals surface area contributed by atoms with Crippen LogP contribution in [0.25, 0.3) is 0 Å². The number of rotatable bonds is 4. The van der Waals surface area contributed by atoms with Gasteiger partial charge in [-0.1, -0.05) is 17.7 Å². The molecule has 0 saturated carbocycles. The molecule has 5 heteroatoms. The summed E-state index contributed by atoms with van der Waals surface area (Å²) < 4.78 is 0. The van der Waals surface area contributed by atoms with Crippen molar-refractivity contribution in [2.45, 2.75) is 18.7 Å². The zero-order chi connectivity index (χ0) is 15.4. The van der Waals surface area contributed by atoms with E-state index in [-0.39, 0.29) is 5.91 Å². The molecule has 0 aliphatic heterocycles. The minimum absolute atomic E-state index is 0.0591. The average Bonchev–Trinajstić information content (AvgIpc) is 2.42. The summed E-state index contributed by atoms with van der Waals surface area (Å²) in [6, 6.07) is 11.1. The Hall–Kier alpha value is -1.65. The topological polar surface area (TPSA) is 55.1 Å². The summed E-state index contributed by atoms with van der Waals surface area (Å²) in [5.41, 5.74) is 9.43. The summed E-state index contributed by atoms with van der Waals surface area (Å²) in [6.07, 6.45) is 0. The van der Waals surface area contributed by atoms with Gasteiger partial charge in [0.1, 0.15) is 0 Å². The van der Waals surface area contributed by atoms with Gasteiger partial charge in [0.25, 0.3) is 0 Å². The summed E-state index contributed by atoms with van der Waals surface area (Å²) in [4.78, 5) is 12.8. The lowest BCUT2D eigenvalue weighted by Crippen LogP contribution is -2.14. The number of carbonyl (C=O) groups excluding carboxylic acids is 1. The van der Waals surface area contributed by atoms with E-state index >= 15 is 0 Å². The number of halogens is 1. The number of carbonyl (C=O) groups is 1. The van der Waals surface area contributed by atoms with Crippen LogP contribution in [0.3, 0.4) is 0 Å². The molecule has 3 N–H and O–H groups in total. The van der Waals surface area contributed by atoms with Gasteiger partial charge in [0.15, 0.2) is 0 Å². The fourth-order valence-electron chi connectivity index (χ4n) is 1.79. The maximum absolute atomic E-state index is 12.0. The Bertz CT molecular complexity index is 673. The molecule has 0 aliphatic rings. The van der Waals surface area contributed by atoms with Crippen molar-refractivity contribution in [3.05, 3.63) is 52.5 Å². The number of thioether (sulfide) groups is 1. The third-order valence-corrected chi connectivity index (χ3v) is 4.60. The van der Waals surface area contributed by atoms with Gasteiger partial charge in [0.05, 0.1) is 10.8 Å².